The van der Waals surface area contributed by atoms with Crippen molar-refractivity contribution in [1.29, 1.82) is 0 Å². The summed E-state index contributed by atoms with van der Waals surface area (Å²) in [5, 5.41) is 13.9. The molecule has 0 spiro atoms. The molecular weight excluding hydrogens is 342 g/mol. The Balaban J connectivity index is 1.84. The van der Waals surface area contributed by atoms with Crippen LogP contribution in [0, 0.1) is 12.7 Å². The number of alkyl halides is 3. The molecule has 0 aliphatic rings. The van der Waals surface area contributed by atoms with Crippen molar-refractivity contribution < 1.29 is 22.4 Å². The average molecular weight is 353 g/mol. The van der Waals surface area contributed by atoms with Crippen molar-refractivity contribution in [1.82, 2.24) is 20.4 Å². The lowest BCUT2D eigenvalue weighted by Crippen LogP contribution is -2.17. The zero-order valence-corrected chi connectivity index (χ0v) is 12.7. The molecule has 3 rings (SSSR count). The van der Waals surface area contributed by atoms with Gasteiger partial charge in [-0.2, -0.15) is 23.4 Å². The predicted octanol–water partition coefficient (Wildman–Crippen LogP) is 3.52. The summed E-state index contributed by atoms with van der Waals surface area (Å²) in [5.74, 6) is -1.23. The number of rotatable bonds is 3. The standard InChI is InChI=1S/C15H11F4N5O/c1-7-12(13(24-21-7)15(17,18)19)20-14(25)11-6-10(22-23-11)8-2-4-9(16)5-3-8/h2-6H,1H3,(H,20,25)(H,21,24)(H,22,23). The molecule has 25 heavy (non-hydrogen) atoms. The van der Waals surface area contributed by atoms with E-state index < -0.39 is 29.3 Å². The number of benzene rings is 1. The molecule has 6 nitrogen and oxygen atoms in total. The van der Waals surface area contributed by atoms with Gasteiger partial charge in [0.1, 0.15) is 11.5 Å². The summed E-state index contributed by atoms with van der Waals surface area (Å²) in [6, 6.07) is 6.75. The summed E-state index contributed by atoms with van der Waals surface area (Å²) in [6.45, 7) is 1.36. The first-order chi connectivity index (χ1) is 11.8. The Labute approximate surface area is 138 Å². The molecular formula is C15H11F4N5O. The highest BCUT2D eigenvalue weighted by Crippen LogP contribution is 2.34. The van der Waals surface area contributed by atoms with Crippen LogP contribution in [-0.2, 0) is 6.18 Å². The van der Waals surface area contributed by atoms with Gasteiger partial charge in [0.15, 0.2) is 5.69 Å². The second-order valence-corrected chi connectivity index (χ2v) is 5.20. The van der Waals surface area contributed by atoms with Gasteiger partial charge >= 0.3 is 6.18 Å². The SMILES string of the molecule is Cc1[nH]nc(C(F)(F)F)c1NC(=O)c1cc(-c2ccc(F)cc2)n[nH]1. The fourth-order valence-corrected chi connectivity index (χ4v) is 2.17. The number of amides is 1. The molecule has 0 saturated heterocycles. The first kappa shape index (κ1) is 16.7. The number of nitrogens with zero attached hydrogens (tertiary/aromatic N) is 2. The molecule has 1 amide bonds. The maximum Gasteiger partial charge on any atom is 0.437 e. The third-order valence-electron chi connectivity index (χ3n) is 3.42. The van der Waals surface area contributed by atoms with Crippen molar-refractivity contribution >= 4 is 11.6 Å². The molecule has 130 valence electrons. The topological polar surface area (TPSA) is 86.5 Å². The van der Waals surface area contributed by atoms with Crippen molar-refractivity contribution in [3.63, 3.8) is 0 Å². The van der Waals surface area contributed by atoms with E-state index in [9.17, 15) is 22.4 Å². The third kappa shape index (κ3) is 3.37. The highest BCUT2D eigenvalue weighted by Gasteiger charge is 2.38. The van der Waals surface area contributed by atoms with E-state index in [1.807, 2.05) is 0 Å². The Hall–Kier alpha value is -3.17. The van der Waals surface area contributed by atoms with Crippen molar-refractivity contribution in [2.45, 2.75) is 13.1 Å². The van der Waals surface area contributed by atoms with Gasteiger partial charge in [-0.15, -0.1) is 0 Å². The summed E-state index contributed by atoms with van der Waals surface area (Å²) < 4.78 is 51.6. The van der Waals surface area contributed by atoms with E-state index in [2.05, 4.69) is 25.7 Å². The van der Waals surface area contributed by atoms with Gasteiger partial charge in [-0.1, -0.05) is 0 Å². The van der Waals surface area contributed by atoms with Gasteiger partial charge in [-0.3, -0.25) is 15.0 Å². The molecule has 0 bridgehead atoms. The number of aromatic nitrogens is 4. The Morgan fingerprint density at radius 1 is 1.12 bits per heavy atom. The van der Waals surface area contributed by atoms with Crippen molar-refractivity contribution in [3.05, 3.63) is 53.2 Å². The molecule has 2 heterocycles. The van der Waals surface area contributed by atoms with E-state index in [1.165, 1.54) is 37.3 Å². The van der Waals surface area contributed by atoms with Crippen LogP contribution in [-0.4, -0.2) is 26.3 Å². The number of nitrogens with one attached hydrogen (secondary N) is 3. The van der Waals surface area contributed by atoms with Crippen LogP contribution in [0.5, 0.6) is 0 Å². The summed E-state index contributed by atoms with van der Waals surface area (Å²) in [7, 11) is 0. The Morgan fingerprint density at radius 2 is 1.80 bits per heavy atom. The second-order valence-electron chi connectivity index (χ2n) is 5.20. The van der Waals surface area contributed by atoms with Gasteiger partial charge in [-0.25, -0.2) is 4.39 Å². The Kier molecular flexibility index (Phi) is 4.03. The van der Waals surface area contributed by atoms with Gasteiger partial charge in [-0.05, 0) is 37.3 Å². The summed E-state index contributed by atoms with van der Waals surface area (Å²) in [4.78, 5) is 12.2. The number of halogens is 4. The second kappa shape index (κ2) is 6.04. The fraction of sp³-hybridized carbons (Fsp3) is 0.133. The highest BCUT2D eigenvalue weighted by molar-refractivity contribution is 6.04. The monoisotopic (exact) mass is 353 g/mol. The third-order valence-corrected chi connectivity index (χ3v) is 3.42. The van der Waals surface area contributed by atoms with E-state index in [-0.39, 0.29) is 11.4 Å². The number of hydrogen-bond donors (Lipinski definition) is 3. The summed E-state index contributed by atoms with van der Waals surface area (Å²) >= 11 is 0. The Bertz CT molecular complexity index is 911. The molecule has 0 aliphatic carbocycles. The van der Waals surface area contributed by atoms with Crippen molar-refractivity contribution in [2.75, 3.05) is 5.32 Å². The minimum atomic E-state index is -4.71. The fourth-order valence-electron chi connectivity index (χ4n) is 2.17. The average Bonchev–Trinajstić information content (AvgIpc) is 3.15. The van der Waals surface area contributed by atoms with Crippen LogP contribution >= 0.6 is 0 Å². The van der Waals surface area contributed by atoms with Gasteiger partial charge in [0, 0.05) is 5.56 Å². The van der Waals surface area contributed by atoms with Crippen LogP contribution in [0.15, 0.2) is 30.3 Å². The van der Waals surface area contributed by atoms with Crippen LogP contribution in [0.2, 0.25) is 0 Å². The lowest BCUT2D eigenvalue weighted by Gasteiger charge is -2.07. The first-order valence-electron chi connectivity index (χ1n) is 7.00. The number of hydrogen-bond acceptors (Lipinski definition) is 3. The molecule has 1 aromatic carbocycles. The van der Waals surface area contributed by atoms with Crippen molar-refractivity contribution in [2.24, 2.45) is 0 Å². The summed E-state index contributed by atoms with van der Waals surface area (Å²) in [6.07, 6.45) is -4.71. The van der Waals surface area contributed by atoms with Crippen molar-refractivity contribution in [3.8, 4) is 11.3 Å². The number of anilines is 1. The molecule has 2 aromatic heterocycles. The maximum atomic E-state index is 12.9. The number of aryl methyl sites for hydroxylation is 1. The molecule has 3 aromatic rings. The quantitative estimate of drug-likeness (QED) is 0.630. The number of H-pyrrole nitrogens is 2. The molecule has 0 aliphatic heterocycles. The van der Waals surface area contributed by atoms with Gasteiger partial charge in [0.2, 0.25) is 0 Å². The van der Waals surface area contributed by atoms with E-state index in [4.69, 9.17) is 0 Å². The van der Waals surface area contributed by atoms with Gasteiger partial charge in [0.25, 0.3) is 5.91 Å². The molecule has 0 fully saturated rings. The minimum Gasteiger partial charge on any atom is -0.317 e. The molecule has 0 atom stereocenters. The largest absolute Gasteiger partial charge is 0.437 e. The van der Waals surface area contributed by atoms with E-state index in [1.54, 1.807) is 0 Å². The van der Waals surface area contributed by atoms with Crippen LogP contribution < -0.4 is 5.32 Å². The van der Waals surface area contributed by atoms with E-state index >= 15 is 0 Å². The smallest absolute Gasteiger partial charge is 0.317 e. The van der Waals surface area contributed by atoms with Crippen LogP contribution in [0.25, 0.3) is 11.3 Å². The van der Waals surface area contributed by atoms with Crippen LogP contribution in [0.3, 0.4) is 0 Å². The zero-order valence-electron chi connectivity index (χ0n) is 12.7. The molecule has 0 radical (unpaired) electrons. The first-order valence-corrected chi connectivity index (χ1v) is 7.00. The van der Waals surface area contributed by atoms with Gasteiger partial charge < -0.3 is 5.32 Å². The number of carbonyl (C=O) groups excluding carboxylic acids is 1. The Morgan fingerprint density at radius 3 is 2.44 bits per heavy atom. The molecule has 0 saturated carbocycles. The molecule has 10 heteroatoms. The molecule has 0 unspecified atom stereocenters. The lowest BCUT2D eigenvalue weighted by molar-refractivity contribution is -0.140. The normalized spacial score (nSPS) is 11.6. The number of aromatic amines is 2. The number of carbonyl (C=O) groups is 1. The minimum absolute atomic E-state index is 0.0481. The maximum absolute atomic E-state index is 12.9. The van der Waals surface area contributed by atoms with Crippen LogP contribution in [0.4, 0.5) is 23.2 Å². The summed E-state index contributed by atoms with van der Waals surface area (Å²) in [5.41, 5.74) is -0.740. The van der Waals surface area contributed by atoms with E-state index in [0.717, 1.165) is 0 Å². The highest BCUT2D eigenvalue weighted by atomic mass is 19.4. The predicted molar refractivity (Wildman–Crippen MR) is 80.3 cm³/mol. The zero-order chi connectivity index (χ0) is 18.2. The van der Waals surface area contributed by atoms with E-state index in [0.29, 0.717) is 11.3 Å². The lowest BCUT2D eigenvalue weighted by atomic mass is 10.1. The van der Waals surface area contributed by atoms with Crippen LogP contribution in [0.1, 0.15) is 21.9 Å². The van der Waals surface area contributed by atoms with Gasteiger partial charge in [0.05, 0.1) is 17.1 Å². The molecule has 3 N–H and O–H groups in total.